The molecule has 37 heavy (non-hydrogen) atoms. The van der Waals surface area contributed by atoms with E-state index >= 15 is 4.39 Å². The number of rotatable bonds is 5. The zero-order chi connectivity index (χ0) is 26.1. The molecule has 0 amide bonds. The van der Waals surface area contributed by atoms with Crippen molar-refractivity contribution in [3.05, 3.63) is 53.7 Å². The summed E-state index contributed by atoms with van der Waals surface area (Å²) in [5, 5.41) is 3.48. The Bertz CT molecular complexity index is 1240. The number of piperazine rings is 1. The van der Waals surface area contributed by atoms with Crippen LogP contribution in [0.4, 0.5) is 33.0 Å². The van der Waals surface area contributed by atoms with E-state index in [4.69, 9.17) is 22.1 Å². The maximum Gasteiger partial charge on any atom is 0.158 e. The molecule has 0 saturated carbocycles. The Balaban J connectivity index is 1.53. The van der Waals surface area contributed by atoms with Crippen LogP contribution in [0.5, 0.6) is 0 Å². The summed E-state index contributed by atoms with van der Waals surface area (Å²) in [6.07, 6.45) is 1.36. The first-order valence-electron chi connectivity index (χ1n) is 12.6. The second kappa shape index (κ2) is 10.7. The van der Waals surface area contributed by atoms with E-state index in [0.717, 1.165) is 43.1 Å². The van der Waals surface area contributed by atoms with Crippen molar-refractivity contribution in [3.8, 4) is 11.1 Å². The molecular weight excluding hydrogens is 493 g/mol. The first-order chi connectivity index (χ1) is 17.8. The average molecular weight is 526 g/mol. The predicted octanol–water partition coefficient (Wildman–Crippen LogP) is 4.63. The van der Waals surface area contributed by atoms with Gasteiger partial charge in [-0.3, -0.25) is 4.90 Å². The predicted molar refractivity (Wildman–Crippen MR) is 149 cm³/mol. The highest BCUT2D eigenvalue weighted by molar-refractivity contribution is 6.32. The molecule has 0 spiro atoms. The van der Waals surface area contributed by atoms with Crippen LogP contribution in [0.3, 0.4) is 0 Å². The first-order valence-corrected chi connectivity index (χ1v) is 13.0. The Hall–Kier alpha value is -3.14. The number of nitrogens with one attached hydrogen (secondary N) is 1. The van der Waals surface area contributed by atoms with Gasteiger partial charge in [-0.25, -0.2) is 14.4 Å². The van der Waals surface area contributed by atoms with E-state index in [2.05, 4.69) is 50.9 Å². The molecule has 3 heterocycles. The molecule has 2 aliphatic rings. The third kappa shape index (κ3) is 5.30. The van der Waals surface area contributed by atoms with Gasteiger partial charge in [-0.15, -0.1) is 0 Å². The molecule has 0 unspecified atom stereocenters. The van der Waals surface area contributed by atoms with Crippen molar-refractivity contribution in [2.24, 2.45) is 0 Å². The second-order valence-corrected chi connectivity index (χ2v) is 10.2. The lowest BCUT2D eigenvalue weighted by atomic mass is 10.0. The molecule has 3 aromatic rings. The third-order valence-corrected chi connectivity index (χ3v) is 7.73. The van der Waals surface area contributed by atoms with E-state index < -0.39 is 0 Å². The van der Waals surface area contributed by atoms with Crippen molar-refractivity contribution in [1.29, 1.82) is 0 Å². The summed E-state index contributed by atoms with van der Waals surface area (Å²) in [6.45, 7) is 9.02. The molecule has 5 rings (SSSR count). The van der Waals surface area contributed by atoms with Crippen molar-refractivity contribution in [2.45, 2.75) is 25.9 Å². The molecule has 2 saturated heterocycles. The van der Waals surface area contributed by atoms with Crippen molar-refractivity contribution in [1.82, 2.24) is 14.9 Å². The van der Waals surface area contributed by atoms with Gasteiger partial charge in [0, 0.05) is 49.5 Å². The van der Waals surface area contributed by atoms with E-state index in [1.807, 2.05) is 30.3 Å². The van der Waals surface area contributed by atoms with Gasteiger partial charge in [0.15, 0.2) is 11.0 Å². The van der Waals surface area contributed by atoms with Gasteiger partial charge >= 0.3 is 0 Å². The quantitative estimate of drug-likeness (QED) is 0.467. The van der Waals surface area contributed by atoms with Crippen molar-refractivity contribution in [2.75, 3.05) is 67.3 Å². The number of aromatic nitrogens is 2. The minimum atomic E-state index is -0.285. The summed E-state index contributed by atoms with van der Waals surface area (Å²) >= 11 is 6.15. The number of nitrogen functional groups attached to an aromatic ring is 1. The maximum atomic E-state index is 15.7. The smallest absolute Gasteiger partial charge is 0.158 e. The zero-order valence-corrected chi connectivity index (χ0v) is 22.2. The summed E-state index contributed by atoms with van der Waals surface area (Å²) in [5.41, 5.74) is 10.3. The van der Waals surface area contributed by atoms with Gasteiger partial charge in [-0.05, 0) is 50.7 Å². The lowest BCUT2D eigenvalue weighted by Crippen LogP contribution is -2.55. The fourth-order valence-electron chi connectivity index (χ4n) is 5.02. The number of benzene rings is 2. The maximum absolute atomic E-state index is 15.7. The third-order valence-electron chi connectivity index (χ3n) is 7.43. The molecule has 1 aromatic heterocycles. The minimum absolute atomic E-state index is 0.168. The number of likely N-dealkylation sites (N-methyl/N-ethyl adjacent to an activating group) is 1. The van der Waals surface area contributed by atoms with Crippen molar-refractivity contribution >= 4 is 40.2 Å². The highest BCUT2D eigenvalue weighted by Gasteiger charge is 2.29. The van der Waals surface area contributed by atoms with Gasteiger partial charge in [-0.1, -0.05) is 23.7 Å². The Morgan fingerprint density at radius 1 is 1.03 bits per heavy atom. The van der Waals surface area contributed by atoms with E-state index in [1.54, 1.807) is 6.07 Å². The fraction of sp³-hybridized carbons (Fsp3) is 0.407. The van der Waals surface area contributed by atoms with Gasteiger partial charge in [-0.2, -0.15) is 0 Å². The van der Waals surface area contributed by atoms with Gasteiger partial charge in [0.1, 0.15) is 17.8 Å². The SMILES string of the molecule is C[C@@H]1CN(c2cc(F)c(-c3ccc(N4CCOCC4)cc3)cc2Nc2ncnc(Cl)c2N)C[C@H](C)N1C. The molecule has 2 aliphatic heterocycles. The summed E-state index contributed by atoms with van der Waals surface area (Å²) in [4.78, 5) is 15.1. The molecule has 0 radical (unpaired) electrons. The van der Waals surface area contributed by atoms with Crippen LogP contribution in [0.1, 0.15) is 13.8 Å². The van der Waals surface area contributed by atoms with Crippen LogP contribution in [0.25, 0.3) is 11.1 Å². The number of nitrogens with zero attached hydrogens (tertiary/aromatic N) is 5. The number of hydrogen-bond acceptors (Lipinski definition) is 8. The van der Waals surface area contributed by atoms with Crippen LogP contribution in [-0.2, 0) is 4.74 Å². The topological polar surface area (TPSA) is 82.8 Å². The lowest BCUT2D eigenvalue weighted by Gasteiger charge is -2.44. The normalized spacial score (nSPS) is 20.8. The number of hydrogen-bond donors (Lipinski definition) is 2. The van der Waals surface area contributed by atoms with Crippen molar-refractivity contribution < 1.29 is 9.13 Å². The molecule has 2 aromatic carbocycles. The van der Waals surface area contributed by atoms with Gasteiger partial charge in [0.05, 0.1) is 24.6 Å². The first kappa shape index (κ1) is 25.5. The molecule has 10 heteroatoms. The molecule has 0 bridgehead atoms. The molecule has 196 valence electrons. The van der Waals surface area contributed by atoms with Crippen LogP contribution in [-0.4, -0.2) is 73.4 Å². The number of morpholine rings is 1. The summed E-state index contributed by atoms with van der Waals surface area (Å²) in [6, 6.07) is 12.1. The average Bonchev–Trinajstić information content (AvgIpc) is 2.91. The van der Waals surface area contributed by atoms with Crippen LogP contribution < -0.4 is 20.9 Å². The molecule has 2 fully saturated rings. The van der Waals surface area contributed by atoms with Crippen LogP contribution >= 0.6 is 11.6 Å². The van der Waals surface area contributed by atoms with E-state index in [0.29, 0.717) is 42.4 Å². The largest absolute Gasteiger partial charge is 0.393 e. The minimum Gasteiger partial charge on any atom is -0.393 e. The summed E-state index contributed by atoms with van der Waals surface area (Å²) in [5.74, 6) is 0.101. The Morgan fingerprint density at radius 2 is 1.70 bits per heavy atom. The highest BCUT2D eigenvalue weighted by Crippen LogP contribution is 2.38. The Labute approximate surface area is 222 Å². The van der Waals surface area contributed by atoms with Gasteiger partial charge < -0.3 is 25.6 Å². The highest BCUT2D eigenvalue weighted by atomic mass is 35.5. The van der Waals surface area contributed by atoms with Gasteiger partial charge in [0.25, 0.3) is 0 Å². The lowest BCUT2D eigenvalue weighted by molar-refractivity contribution is 0.122. The number of anilines is 5. The van der Waals surface area contributed by atoms with E-state index in [9.17, 15) is 0 Å². The zero-order valence-electron chi connectivity index (χ0n) is 21.4. The van der Waals surface area contributed by atoms with Crippen LogP contribution in [0.15, 0.2) is 42.7 Å². The molecular formula is C27H33ClFN7O. The second-order valence-electron chi connectivity index (χ2n) is 9.82. The molecule has 3 N–H and O–H groups in total. The van der Waals surface area contributed by atoms with Gasteiger partial charge in [0.2, 0.25) is 0 Å². The number of halogens is 2. The van der Waals surface area contributed by atoms with Crippen LogP contribution in [0, 0.1) is 5.82 Å². The standard InChI is InChI=1S/C27H33ClFN7O/c1-17-14-36(15-18(2)34(17)3)24-13-22(29)21(12-23(24)33-27-25(30)26(28)31-16-32-27)19-4-6-20(7-5-19)35-8-10-37-11-9-35/h4-7,12-13,16-18H,8-11,14-15,30H2,1-3H3,(H,31,32,33)/t17-,18+. The monoisotopic (exact) mass is 525 g/mol. The van der Waals surface area contributed by atoms with E-state index in [1.165, 1.54) is 6.33 Å². The fourth-order valence-corrected chi connectivity index (χ4v) is 5.15. The summed E-state index contributed by atoms with van der Waals surface area (Å²) in [7, 11) is 2.12. The molecule has 0 aliphatic carbocycles. The number of nitrogens with two attached hydrogens (primary N) is 1. The van der Waals surface area contributed by atoms with Crippen LogP contribution in [0.2, 0.25) is 5.15 Å². The Morgan fingerprint density at radius 3 is 2.38 bits per heavy atom. The van der Waals surface area contributed by atoms with Crippen molar-refractivity contribution in [3.63, 3.8) is 0 Å². The number of ether oxygens (including phenoxy) is 1. The summed E-state index contributed by atoms with van der Waals surface area (Å²) < 4.78 is 21.2. The Kier molecular flexibility index (Phi) is 7.37. The molecule has 2 atom stereocenters. The van der Waals surface area contributed by atoms with E-state index in [-0.39, 0.29) is 16.7 Å². The molecule has 8 nitrogen and oxygen atoms in total.